The maximum Gasteiger partial charge on any atom is 0.252 e. The quantitative estimate of drug-likeness (QED) is 0.518. The van der Waals surface area contributed by atoms with Gasteiger partial charge in [0, 0.05) is 42.5 Å². The van der Waals surface area contributed by atoms with Crippen molar-refractivity contribution in [1.29, 1.82) is 0 Å². The fourth-order valence-electron chi connectivity index (χ4n) is 3.95. The second-order valence-electron chi connectivity index (χ2n) is 8.01. The molecule has 0 aliphatic carbocycles. The topological polar surface area (TPSA) is 77.6 Å². The molecular formula is C24H28N6O. The lowest BCUT2D eigenvalue weighted by Crippen LogP contribution is -2.34. The number of fused-ring (bicyclic) bond motifs is 1. The Hall–Kier alpha value is -3.48. The van der Waals surface area contributed by atoms with Crippen LogP contribution in [-0.2, 0) is 20.0 Å². The number of amides is 1. The van der Waals surface area contributed by atoms with E-state index in [1.165, 1.54) is 5.56 Å². The van der Waals surface area contributed by atoms with Crippen LogP contribution in [0.4, 0.5) is 0 Å². The van der Waals surface area contributed by atoms with Crippen LogP contribution in [0, 0.1) is 13.8 Å². The van der Waals surface area contributed by atoms with Gasteiger partial charge in [0.1, 0.15) is 0 Å². The highest BCUT2D eigenvalue weighted by molar-refractivity contribution is 6.07. The number of hydrogen-bond acceptors (Lipinski definition) is 4. The van der Waals surface area contributed by atoms with E-state index in [1.54, 1.807) is 6.20 Å². The van der Waals surface area contributed by atoms with Gasteiger partial charge in [-0.05, 0) is 51.8 Å². The van der Waals surface area contributed by atoms with Crippen LogP contribution in [0.15, 0.2) is 42.7 Å². The molecule has 4 rings (SSSR count). The van der Waals surface area contributed by atoms with Crippen LogP contribution in [-0.4, -0.2) is 36.5 Å². The zero-order chi connectivity index (χ0) is 22.1. The number of hydrogen-bond donors (Lipinski definition) is 1. The van der Waals surface area contributed by atoms with Gasteiger partial charge in [-0.25, -0.2) is 4.98 Å². The first-order valence-corrected chi connectivity index (χ1v) is 10.6. The second kappa shape index (κ2) is 8.34. The molecule has 160 valence electrons. The van der Waals surface area contributed by atoms with E-state index in [4.69, 9.17) is 4.98 Å². The number of aryl methyl sites for hydroxylation is 3. The average molecular weight is 417 g/mol. The first-order valence-electron chi connectivity index (χ1n) is 10.6. The molecule has 4 aromatic rings. The second-order valence-corrected chi connectivity index (χ2v) is 8.01. The Labute approximate surface area is 182 Å². The van der Waals surface area contributed by atoms with Crippen LogP contribution >= 0.6 is 0 Å². The average Bonchev–Trinajstić information content (AvgIpc) is 3.33. The molecular weight excluding hydrogens is 388 g/mol. The molecule has 1 amide bonds. The Bertz CT molecular complexity index is 1250. The molecule has 1 atom stereocenters. The molecule has 0 fully saturated rings. The Morgan fingerprint density at radius 2 is 2.00 bits per heavy atom. The van der Waals surface area contributed by atoms with Gasteiger partial charge < -0.3 is 5.32 Å². The van der Waals surface area contributed by atoms with E-state index in [0.717, 1.165) is 46.5 Å². The normalized spacial score (nSPS) is 12.3. The highest BCUT2D eigenvalue weighted by atomic mass is 16.1. The smallest absolute Gasteiger partial charge is 0.252 e. The minimum atomic E-state index is -0.102. The van der Waals surface area contributed by atoms with Crippen molar-refractivity contribution in [2.75, 3.05) is 0 Å². The number of pyridine rings is 1. The van der Waals surface area contributed by atoms with Gasteiger partial charge in [-0.15, -0.1) is 0 Å². The maximum atomic E-state index is 13.3. The van der Waals surface area contributed by atoms with Gasteiger partial charge in [0.25, 0.3) is 5.91 Å². The molecule has 31 heavy (non-hydrogen) atoms. The lowest BCUT2D eigenvalue weighted by molar-refractivity contribution is 0.0941. The largest absolute Gasteiger partial charge is 0.349 e. The van der Waals surface area contributed by atoms with Crippen molar-refractivity contribution >= 4 is 16.8 Å². The molecule has 7 nitrogen and oxygen atoms in total. The van der Waals surface area contributed by atoms with Crippen molar-refractivity contribution in [2.45, 2.75) is 46.7 Å². The van der Waals surface area contributed by atoms with E-state index in [2.05, 4.69) is 22.4 Å². The van der Waals surface area contributed by atoms with Crippen molar-refractivity contribution in [1.82, 2.24) is 29.9 Å². The summed E-state index contributed by atoms with van der Waals surface area (Å²) in [6.45, 7) is 8.92. The summed E-state index contributed by atoms with van der Waals surface area (Å²) in [5, 5.41) is 12.8. The minimum absolute atomic E-state index is 0.0349. The Morgan fingerprint density at radius 1 is 1.23 bits per heavy atom. The summed E-state index contributed by atoms with van der Waals surface area (Å²) in [5.74, 6) is -0.102. The standard InChI is InChI=1S/C24H28N6O/c1-6-30-14-18(13-25-30)23-12-21(19-9-7-8-10-22(19)27-23)24(31)26-15(2)11-20-16(3)28-29(5)17(20)4/h7-10,12-15H,6,11H2,1-5H3,(H,26,31)/t15-/m1/s1. The highest BCUT2D eigenvalue weighted by Crippen LogP contribution is 2.25. The minimum Gasteiger partial charge on any atom is -0.349 e. The number of carbonyl (C=O) groups is 1. The predicted octanol–water partition coefficient (Wildman–Crippen LogP) is 3.83. The van der Waals surface area contributed by atoms with Crippen molar-refractivity contribution in [3.05, 3.63) is 65.2 Å². The van der Waals surface area contributed by atoms with Gasteiger partial charge in [0.2, 0.25) is 0 Å². The van der Waals surface area contributed by atoms with Crippen LogP contribution < -0.4 is 5.32 Å². The molecule has 7 heteroatoms. The zero-order valence-corrected chi connectivity index (χ0v) is 18.7. The first kappa shape index (κ1) is 20.8. The fraction of sp³-hybridized carbons (Fsp3) is 0.333. The van der Waals surface area contributed by atoms with E-state index < -0.39 is 0 Å². The first-order chi connectivity index (χ1) is 14.9. The van der Waals surface area contributed by atoms with Crippen LogP contribution in [0.2, 0.25) is 0 Å². The molecule has 0 saturated heterocycles. The third-order valence-electron chi connectivity index (χ3n) is 5.76. The summed E-state index contributed by atoms with van der Waals surface area (Å²) in [7, 11) is 1.94. The van der Waals surface area contributed by atoms with E-state index in [1.807, 2.05) is 73.7 Å². The van der Waals surface area contributed by atoms with Gasteiger partial charge >= 0.3 is 0 Å². The van der Waals surface area contributed by atoms with Gasteiger partial charge in [0.05, 0.1) is 28.7 Å². The van der Waals surface area contributed by atoms with Crippen molar-refractivity contribution in [3.63, 3.8) is 0 Å². The molecule has 0 spiro atoms. The molecule has 0 unspecified atom stereocenters. The molecule has 1 N–H and O–H groups in total. The molecule has 3 heterocycles. The summed E-state index contributed by atoms with van der Waals surface area (Å²) >= 11 is 0. The van der Waals surface area contributed by atoms with Crippen LogP contribution in [0.1, 0.15) is 41.2 Å². The summed E-state index contributed by atoms with van der Waals surface area (Å²) in [4.78, 5) is 18.1. The Kier molecular flexibility index (Phi) is 5.59. The number of nitrogens with zero attached hydrogens (tertiary/aromatic N) is 5. The predicted molar refractivity (Wildman–Crippen MR) is 122 cm³/mol. The molecule has 1 aromatic carbocycles. The Morgan fingerprint density at radius 3 is 2.68 bits per heavy atom. The summed E-state index contributed by atoms with van der Waals surface area (Å²) in [6, 6.07) is 9.57. The fourth-order valence-corrected chi connectivity index (χ4v) is 3.95. The summed E-state index contributed by atoms with van der Waals surface area (Å²) < 4.78 is 3.74. The van der Waals surface area contributed by atoms with Crippen molar-refractivity contribution in [2.24, 2.45) is 7.05 Å². The number of aromatic nitrogens is 5. The zero-order valence-electron chi connectivity index (χ0n) is 18.7. The molecule has 0 aliphatic rings. The van der Waals surface area contributed by atoms with Gasteiger partial charge in [-0.2, -0.15) is 10.2 Å². The van der Waals surface area contributed by atoms with E-state index >= 15 is 0 Å². The highest BCUT2D eigenvalue weighted by Gasteiger charge is 2.18. The van der Waals surface area contributed by atoms with Crippen molar-refractivity contribution in [3.8, 4) is 11.3 Å². The summed E-state index contributed by atoms with van der Waals surface area (Å²) in [5.41, 5.74) is 6.38. The maximum absolute atomic E-state index is 13.3. The monoisotopic (exact) mass is 416 g/mol. The van der Waals surface area contributed by atoms with Crippen LogP contribution in [0.25, 0.3) is 22.2 Å². The number of benzene rings is 1. The number of carbonyl (C=O) groups excluding carboxylic acids is 1. The molecule has 0 radical (unpaired) electrons. The van der Waals surface area contributed by atoms with Crippen LogP contribution in [0.3, 0.4) is 0 Å². The van der Waals surface area contributed by atoms with E-state index in [-0.39, 0.29) is 11.9 Å². The van der Waals surface area contributed by atoms with E-state index in [9.17, 15) is 4.79 Å². The van der Waals surface area contributed by atoms with E-state index in [0.29, 0.717) is 5.56 Å². The molecule has 3 aromatic heterocycles. The van der Waals surface area contributed by atoms with Gasteiger partial charge in [-0.1, -0.05) is 18.2 Å². The number of nitrogens with one attached hydrogen (secondary N) is 1. The summed E-state index contributed by atoms with van der Waals surface area (Å²) in [6.07, 6.45) is 4.48. The van der Waals surface area contributed by atoms with Crippen molar-refractivity contribution < 1.29 is 4.79 Å². The number of rotatable bonds is 6. The Balaban J connectivity index is 1.65. The molecule has 0 bridgehead atoms. The SMILES string of the molecule is CCn1cc(-c2cc(C(=O)N[C@H](C)Cc3c(C)nn(C)c3C)c3ccccc3n2)cn1. The lowest BCUT2D eigenvalue weighted by atomic mass is 10.0. The third kappa shape index (κ3) is 4.08. The lowest BCUT2D eigenvalue weighted by Gasteiger charge is -2.16. The van der Waals surface area contributed by atoms with Gasteiger partial charge in [0.15, 0.2) is 0 Å². The molecule has 0 saturated carbocycles. The van der Waals surface area contributed by atoms with Crippen LogP contribution in [0.5, 0.6) is 0 Å². The number of para-hydroxylation sites is 1. The molecule has 0 aliphatic heterocycles. The van der Waals surface area contributed by atoms with Gasteiger partial charge in [-0.3, -0.25) is 14.2 Å². The third-order valence-corrected chi connectivity index (χ3v) is 5.76.